The summed E-state index contributed by atoms with van der Waals surface area (Å²) in [6, 6.07) is 7.12. The zero-order valence-corrected chi connectivity index (χ0v) is 14.9. The van der Waals surface area contributed by atoms with E-state index in [-0.39, 0.29) is 11.9 Å². The molecule has 0 bridgehead atoms. The van der Waals surface area contributed by atoms with Crippen molar-refractivity contribution >= 4 is 17.5 Å². The Morgan fingerprint density at radius 1 is 1.42 bits per heavy atom. The van der Waals surface area contributed by atoms with Gasteiger partial charge in [-0.05, 0) is 32.8 Å². The van der Waals surface area contributed by atoms with Crippen molar-refractivity contribution in [2.75, 3.05) is 0 Å². The molecule has 24 heavy (non-hydrogen) atoms. The standard InChI is InChI=1S/C18H22ClN3O2/c1-11-15(12(2)21(3)20-11)10-22(13-8-9-13)18(24)17(23)14-6-4-5-7-16(14)19/h4-7,13,17,23H,8-10H2,1-3H3. The molecule has 2 aromatic rings. The van der Waals surface area contributed by atoms with E-state index in [0.29, 0.717) is 17.1 Å². The minimum Gasteiger partial charge on any atom is -0.378 e. The van der Waals surface area contributed by atoms with E-state index in [2.05, 4.69) is 5.10 Å². The van der Waals surface area contributed by atoms with Gasteiger partial charge in [-0.3, -0.25) is 9.48 Å². The predicted molar refractivity (Wildman–Crippen MR) is 92.7 cm³/mol. The molecule has 1 N–H and O–H groups in total. The summed E-state index contributed by atoms with van der Waals surface area (Å²) in [5.74, 6) is -0.298. The maximum atomic E-state index is 12.9. The first-order valence-corrected chi connectivity index (χ1v) is 8.50. The van der Waals surface area contributed by atoms with Crippen LogP contribution in [0.25, 0.3) is 0 Å². The van der Waals surface area contributed by atoms with Crippen LogP contribution in [0.4, 0.5) is 0 Å². The second kappa shape index (κ2) is 6.57. The predicted octanol–water partition coefficient (Wildman–Crippen LogP) is 2.91. The van der Waals surface area contributed by atoms with Crippen molar-refractivity contribution < 1.29 is 9.90 Å². The summed E-state index contributed by atoms with van der Waals surface area (Å²) in [5.41, 5.74) is 3.46. The number of benzene rings is 1. The molecular weight excluding hydrogens is 326 g/mol. The van der Waals surface area contributed by atoms with Crippen LogP contribution < -0.4 is 0 Å². The summed E-state index contributed by atoms with van der Waals surface area (Å²) in [5, 5.41) is 15.4. The average Bonchev–Trinajstić information content (AvgIpc) is 3.35. The summed E-state index contributed by atoms with van der Waals surface area (Å²) in [6.07, 6.45) is 0.704. The first-order chi connectivity index (χ1) is 11.4. The molecule has 1 aromatic heterocycles. The monoisotopic (exact) mass is 347 g/mol. The fourth-order valence-electron chi connectivity index (χ4n) is 2.98. The number of rotatable bonds is 5. The Morgan fingerprint density at radius 2 is 2.08 bits per heavy atom. The minimum atomic E-state index is -1.24. The molecule has 0 aliphatic heterocycles. The molecule has 5 nitrogen and oxygen atoms in total. The van der Waals surface area contributed by atoms with Crippen molar-refractivity contribution in [3.05, 3.63) is 51.8 Å². The van der Waals surface area contributed by atoms with Crippen molar-refractivity contribution in [1.29, 1.82) is 0 Å². The lowest BCUT2D eigenvalue weighted by Gasteiger charge is -2.26. The van der Waals surface area contributed by atoms with E-state index in [1.807, 2.05) is 25.6 Å². The van der Waals surface area contributed by atoms with Gasteiger partial charge >= 0.3 is 0 Å². The second-order valence-corrected chi connectivity index (χ2v) is 6.80. The number of halogens is 1. The van der Waals surface area contributed by atoms with Crippen molar-refractivity contribution in [1.82, 2.24) is 14.7 Å². The molecule has 3 rings (SSSR count). The van der Waals surface area contributed by atoms with Crippen LogP contribution in [-0.2, 0) is 18.4 Å². The summed E-state index contributed by atoms with van der Waals surface area (Å²) < 4.78 is 1.82. The maximum Gasteiger partial charge on any atom is 0.256 e. The summed E-state index contributed by atoms with van der Waals surface area (Å²) in [6.45, 7) is 4.41. The molecule has 0 radical (unpaired) electrons. The van der Waals surface area contributed by atoms with E-state index < -0.39 is 6.10 Å². The molecular formula is C18H22ClN3O2. The molecule has 1 aromatic carbocycles. The molecule has 1 fully saturated rings. The van der Waals surface area contributed by atoms with Crippen molar-refractivity contribution in [3.63, 3.8) is 0 Å². The van der Waals surface area contributed by atoms with Crippen LogP contribution in [0.5, 0.6) is 0 Å². The van der Waals surface area contributed by atoms with Crippen molar-refractivity contribution in [2.45, 2.75) is 45.4 Å². The zero-order valence-electron chi connectivity index (χ0n) is 14.2. The third kappa shape index (κ3) is 3.19. The fourth-order valence-corrected chi connectivity index (χ4v) is 3.22. The molecule has 1 saturated carbocycles. The van der Waals surface area contributed by atoms with Crippen molar-refractivity contribution in [3.8, 4) is 0 Å². The van der Waals surface area contributed by atoms with Gasteiger partial charge in [0, 0.05) is 41.5 Å². The van der Waals surface area contributed by atoms with Gasteiger partial charge in [0.05, 0.1) is 5.69 Å². The maximum absolute atomic E-state index is 12.9. The Kier molecular flexibility index (Phi) is 4.65. The smallest absolute Gasteiger partial charge is 0.256 e. The number of hydrogen-bond acceptors (Lipinski definition) is 3. The third-order valence-electron chi connectivity index (χ3n) is 4.69. The van der Waals surface area contributed by atoms with E-state index in [9.17, 15) is 9.90 Å². The summed E-state index contributed by atoms with van der Waals surface area (Å²) in [7, 11) is 1.90. The highest BCUT2D eigenvalue weighted by Crippen LogP contribution is 2.33. The van der Waals surface area contributed by atoms with Gasteiger partial charge in [0.2, 0.25) is 0 Å². The summed E-state index contributed by atoms with van der Waals surface area (Å²) >= 11 is 6.13. The molecule has 1 heterocycles. The molecule has 0 saturated heterocycles. The Bertz CT molecular complexity index is 768. The number of aliphatic hydroxyl groups is 1. The third-order valence-corrected chi connectivity index (χ3v) is 5.04. The minimum absolute atomic E-state index is 0.189. The topological polar surface area (TPSA) is 58.4 Å². The van der Waals surface area contributed by atoms with Gasteiger partial charge in [-0.1, -0.05) is 29.8 Å². The summed E-state index contributed by atoms with van der Waals surface area (Å²) in [4.78, 5) is 14.7. The van der Waals surface area contributed by atoms with Crippen LogP contribution in [0.15, 0.2) is 24.3 Å². The number of aliphatic hydroxyl groups excluding tert-OH is 1. The zero-order chi connectivity index (χ0) is 17.4. The molecule has 128 valence electrons. The van der Waals surface area contributed by atoms with Crippen molar-refractivity contribution in [2.24, 2.45) is 7.05 Å². The van der Waals surface area contributed by atoms with Crippen LogP contribution in [0.2, 0.25) is 5.02 Å². The normalized spacial score (nSPS) is 15.4. The number of amides is 1. The molecule has 6 heteroatoms. The van der Waals surface area contributed by atoms with E-state index in [1.165, 1.54) is 0 Å². The van der Waals surface area contributed by atoms with Crippen LogP contribution in [0.1, 0.15) is 41.5 Å². The lowest BCUT2D eigenvalue weighted by Crippen LogP contribution is -2.36. The second-order valence-electron chi connectivity index (χ2n) is 6.39. The molecule has 1 amide bonds. The van der Waals surface area contributed by atoms with E-state index >= 15 is 0 Å². The van der Waals surface area contributed by atoms with Gasteiger partial charge in [0.25, 0.3) is 5.91 Å². The lowest BCUT2D eigenvalue weighted by molar-refractivity contribution is -0.141. The largest absolute Gasteiger partial charge is 0.378 e. The average molecular weight is 348 g/mol. The lowest BCUT2D eigenvalue weighted by atomic mass is 10.1. The van der Waals surface area contributed by atoms with Crippen LogP contribution in [0.3, 0.4) is 0 Å². The number of carbonyl (C=O) groups excluding carboxylic acids is 1. The highest BCUT2D eigenvalue weighted by atomic mass is 35.5. The quantitative estimate of drug-likeness (QED) is 0.904. The van der Waals surface area contributed by atoms with Gasteiger partial charge in [-0.25, -0.2) is 0 Å². The SMILES string of the molecule is Cc1nn(C)c(C)c1CN(C(=O)C(O)c1ccccc1Cl)C1CC1. The number of nitrogens with zero attached hydrogens (tertiary/aromatic N) is 3. The Morgan fingerprint density at radius 3 is 2.62 bits per heavy atom. The molecule has 1 atom stereocenters. The number of carbonyl (C=O) groups is 1. The molecule has 1 aliphatic rings. The highest BCUT2D eigenvalue weighted by molar-refractivity contribution is 6.31. The molecule has 1 unspecified atom stereocenters. The van der Waals surface area contributed by atoms with E-state index in [0.717, 1.165) is 29.8 Å². The Balaban J connectivity index is 1.86. The Labute approximate surface area is 146 Å². The van der Waals surface area contributed by atoms with Gasteiger partial charge in [-0.15, -0.1) is 0 Å². The Hall–Kier alpha value is -1.85. The first kappa shape index (κ1) is 17.0. The van der Waals surface area contributed by atoms with Gasteiger partial charge in [0.1, 0.15) is 0 Å². The van der Waals surface area contributed by atoms with Crippen LogP contribution in [0, 0.1) is 13.8 Å². The fraction of sp³-hybridized carbons (Fsp3) is 0.444. The van der Waals surface area contributed by atoms with Gasteiger partial charge < -0.3 is 10.0 Å². The van der Waals surface area contributed by atoms with E-state index in [4.69, 9.17) is 11.6 Å². The van der Waals surface area contributed by atoms with Crippen LogP contribution in [-0.4, -0.2) is 31.7 Å². The van der Waals surface area contributed by atoms with Gasteiger partial charge in [0.15, 0.2) is 6.10 Å². The van der Waals surface area contributed by atoms with Crippen LogP contribution >= 0.6 is 11.6 Å². The number of aromatic nitrogens is 2. The highest BCUT2D eigenvalue weighted by Gasteiger charge is 2.37. The number of aryl methyl sites for hydroxylation is 2. The molecule has 1 aliphatic carbocycles. The van der Waals surface area contributed by atoms with Gasteiger partial charge in [-0.2, -0.15) is 5.10 Å². The first-order valence-electron chi connectivity index (χ1n) is 8.12. The van der Waals surface area contributed by atoms with E-state index in [1.54, 1.807) is 29.2 Å². The molecule has 0 spiro atoms. The number of hydrogen-bond donors (Lipinski definition) is 1.